The average molecular weight is 500 g/mol. The van der Waals surface area contributed by atoms with Crippen molar-refractivity contribution < 1.29 is 14.6 Å². The zero-order valence-corrected chi connectivity index (χ0v) is 20.7. The van der Waals surface area contributed by atoms with Gasteiger partial charge in [-0.1, -0.05) is 12.1 Å². The Morgan fingerprint density at radius 2 is 1.95 bits per heavy atom. The van der Waals surface area contributed by atoms with Crippen molar-refractivity contribution in [3.8, 4) is 22.8 Å². The van der Waals surface area contributed by atoms with E-state index in [0.717, 1.165) is 53.2 Å². The van der Waals surface area contributed by atoms with Gasteiger partial charge in [0.15, 0.2) is 0 Å². The topological polar surface area (TPSA) is 133 Å². The van der Waals surface area contributed by atoms with Crippen LogP contribution in [0.4, 0.5) is 11.6 Å². The first-order valence-electron chi connectivity index (χ1n) is 12.4. The van der Waals surface area contributed by atoms with Gasteiger partial charge < -0.3 is 29.9 Å². The van der Waals surface area contributed by atoms with Gasteiger partial charge in [-0.3, -0.25) is 5.32 Å². The molecule has 6 rings (SSSR count). The van der Waals surface area contributed by atoms with E-state index >= 15 is 0 Å². The molecule has 0 bridgehead atoms. The van der Waals surface area contributed by atoms with Gasteiger partial charge in [-0.15, -0.1) is 0 Å². The molecule has 0 spiro atoms. The molecule has 10 heteroatoms. The minimum absolute atomic E-state index is 0.126. The van der Waals surface area contributed by atoms with Gasteiger partial charge in [0.25, 0.3) is 0 Å². The van der Waals surface area contributed by atoms with Crippen molar-refractivity contribution in [3.63, 3.8) is 0 Å². The van der Waals surface area contributed by atoms with Crippen LogP contribution in [0.5, 0.6) is 11.6 Å². The number of aliphatic hydroxyl groups is 1. The van der Waals surface area contributed by atoms with Gasteiger partial charge in [0, 0.05) is 11.8 Å². The zero-order valence-electron chi connectivity index (χ0n) is 20.7. The average Bonchev–Trinajstić information content (AvgIpc) is 3.69. The normalized spacial score (nSPS) is 14.9. The van der Waals surface area contributed by atoms with E-state index in [4.69, 9.17) is 19.4 Å². The number of nitrogens with zero attached hydrogens (tertiary/aromatic N) is 3. The zero-order chi connectivity index (χ0) is 25.4. The lowest BCUT2D eigenvalue weighted by Crippen LogP contribution is -2.15. The minimum atomic E-state index is -0.791. The Balaban J connectivity index is 1.41. The number of hydrogen-bond donors (Lipinski definition) is 5. The third-order valence-electron chi connectivity index (χ3n) is 6.87. The number of anilines is 2. The number of hydrogen-bond acceptors (Lipinski definition) is 8. The summed E-state index contributed by atoms with van der Waals surface area (Å²) < 4.78 is 12.0. The molecule has 10 nitrogen and oxygen atoms in total. The monoisotopic (exact) mass is 499 g/mol. The van der Waals surface area contributed by atoms with Crippen molar-refractivity contribution in [1.29, 1.82) is 0 Å². The van der Waals surface area contributed by atoms with Crippen LogP contribution >= 0.6 is 0 Å². The summed E-state index contributed by atoms with van der Waals surface area (Å²) in [7, 11) is 3.28. The molecule has 190 valence electrons. The Bertz CT molecular complexity index is 1550. The maximum absolute atomic E-state index is 10.1. The first-order chi connectivity index (χ1) is 18.1. The molecule has 5 N–H and O–H groups in total. The summed E-state index contributed by atoms with van der Waals surface area (Å²) >= 11 is 0. The second kappa shape index (κ2) is 9.72. The Morgan fingerprint density at radius 3 is 2.76 bits per heavy atom. The van der Waals surface area contributed by atoms with Crippen LogP contribution in [0.2, 0.25) is 0 Å². The van der Waals surface area contributed by atoms with E-state index in [1.54, 1.807) is 26.6 Å². The molecule has 1 atom stereocenters. The van der Waals surface area contributed by atoms with Gasteiger partial charge in [0.2, 0.25) is 11.8 Å². The molecule has 0 saturated heterocycles. The molecular formula is C27H29N7O3. The summed E-state index contributed by atoms with van der Waals surface area (Å²) in [5.41, 5.74) is 5.90. The lowest BCUT2D eigenvalue weighted by Gasteiger charge is -2.17. The van der Waals surface area contributed by atoms with Gasteiger partial charge in [-0.05, 0) is 68.1 Å². The van der Waals surface area contributed by atoms with Crippen molar-refractivity contribution in [3.05, 3.63) is 54.5 Å². The minimum Gasteiger partial charge on any atom is -0.495 e. The van der Waals surface area contributed by atoms with E-state index in [-0.39, 0.29) is 6.10 Å². The second-order valence-corrected chi connectivity index (χ2v) is 9.21. The van der Waals surface area contributed by atoms with E-state index in [2.05, 4.69) is 31.7 Å². The fourth-order valence-corrected chi connectivity index (χ4v) is 4.90. The summed E-state index contributed by atoms with van der Waals surface area (Å²) in [5.74, 6) is 1.49. The first kappa shape index (κ1) is 23.3. The molecule has 0 radical (unpaired) electrons. The van der Waals surface area contributed by atoms with Crippen LogP contribution in [0.15, 0.2) is 48.9 Å². The van der Waals surface area contributed by atoms with Crippen LogP contribution in [-0.4, -0.2) is 50.3 Å². The molecule has 0 aliphatic heterocycles. The molecule has 2 aromatic carbocycles. The fraction of sp³-hybridized carbons (Fsp3) is 0.296. The molecule has 1 aliphatic carbocycles. The standard InChI is InChI=1S/C27H29N7O3/c1-28-25(35)16-8-10-20(22(12-16)36-2)32-27-33-24-23(26(34-27)37-17-5-3-4-6-17)18(13-29-24)15-7-9-19-21(11-15)31-14-30-19/h7-14,17,25,28,35H,3-6H2,1-2H3,(H,30,31)(H2,29,32,33,34). The highest BCUT2D eigenvalue weighted by atomic mass is 16.5. The van der Waals surface area contributed by atoms with Gasteiger partial charge in [0.05, 0.1) is 35.5 Å². The van der Waals surface area contributed by atoms with E-state index < -0.39 is 6.23 Å². The number of aliphatic hydroxyl groups excluding tert-OH is 1. The summed E-state index contributed by atoms with van der Waals surface area (Å²) in [6.07, 6.45) is 7.30. The number of aromatic nitrogens is 5. The van der Waals surface area contributed by atoms with Crippen LogP contribution < -0.4 is 20.1 Å². The van der Waals surface area contributed by atoms with Gasteiger partial charge in [0.1, 0.15) is 23.7 Å². The van der Waals surface area contributed by atoms with Crippen molar-refractivity contribution in [1.82, 2.24) is 30.2 Å². The Kier molecular flexibility index (Phi) is 6.11. The summed E-state index contributed by atoms with van der Waals surface area (Å²) in [5, 5.41) is 17.1. The number of aromatic amines is 2. The molecule has 0 amide bonds. The van der Waals surface area contributed by atoms with Crippen LogP contribution in [0.3, 0.4) is 0 Å². The number of imidazole rings is 1. The van der Waals surface area contributed by atoms with Crippen molar-refractivity contribution >= 4 is 33.7 Å². The second-order valence-electron chi connectivity index (χ2n) is 9.21. The number of ether oxygens (including phenoxy) is 2. The molecule has 37 heavy (non-hydrogen) atoms. The van der Waals surface area contributed by atoms with E-state index in [1.807, 2.05) is 30.5 Å². The summed E-state index contributed by atoms with van der Waals surface area (Å²) in [6.45, 7) is 0. The van der Waals surface area contributed by atoms with Crippen LogP contribution in [0.25, 0.3) is 33.2 Å². The fourth-order valence-electron chi connectivity index (χ4n) is 4.90. The van der Waals surface area contributed by atoms with Crippen molar-refractivity contribution in [2.24, 2.45) is 0 Å². The largest absolute Gasteiger partial charge is 0.495 e. The Hall–Kier alpha value is -4.15. The van der Waals surface area contributed by atoms with Gasteiger partial charge >= 0.3 is 0 Å². The molecule has 3 aromatic heterocycles. The predicted octanol–water partition coefficient (Wildman–Crippen LogP) is 4.79. The third kappa shape index (κ3) is 4.45. The highest BCUT2D eigenvalue weighted by Crippen LogP contribution is 2.38. The Labute approximate surface area is 213 Å². The molecule has 1 aliphatic rings. The maximum atomic E-state index is 10.1. The van der Waals surface area contributed by atoms with Gasteiger partial charge in [-0.25, -0.2) is 4.98 Å². The highest BCUT2D eigenvalue weighted by molar-refractivity contribution is 5.99. The van der Waals surface area contributed by atoms with E-state index in [1.165, 1.54) is 0 Å². The van der Waals surface area contributed by atoms with E-state index in [0.29, 0.717) is 34.5 Å². The van der Waals surface area contributed by atoms with E-state index in [9.17, 15) is 5.11 Å². The number of nitrogens with one attached hydrogen (secondary N) is 4. The summed E-state index contributed by atoms with van der Waals surface area (Å²) in [4.78, 5) is 20.4. The molecule has 5 aromatic rings. The van der Waals surface area contributed by atoms with Crippen LogP contribution in [0, 0.1) is 0 Å². The third-order valence-corrected chi connectivity index (χ3v) is 6.87. The number of H-pyrrole nitrogens is 2. The van der Waals surface area contributed by atoms with Gasteiger partial charge in [-0.2, -0.15) is 9.97 Å². The summed E-state index contributed by atoms with van der Waals surface area (Å²) in [6, 6.07) is 11.5. The molecular weight excluding hydrogens is 470 g/mol. The quantitative estimate of drug-likeness (QED) is 0.193. The number of benzene rings is 2. The number of fused-ring (bicyclic) bond motifs is 2. The smallest absolute Gasteiger partial charge is 0.232 e. The predicted molar refractivity (Wildman–Crippen MR) is 142 cm³/mol. The van der Waals surface area contributed by atoms with Crippen molar-refractivity contribution in [2.45, 2.75) is 38.0 Å². The molecule has 1 unspecified atom stereocenters. The lowest BCUT2D eigenvalue weighted by atomic mass is 10.1. The molecule has 1 fully saturated rings. The molecule has 3 heterocycles. The lowest BCUT2D eigenvalue weighted by molar-refractivity contribution is 0.149. The number of methoxy groups -OCH3 is 1. The maximum Gasteiger partial charge on any atom is 0.232 e. The Morgan fingerprint density at radius 1 is 1.08 bits per heavy atom. The highest BCUT2D eigenvalue weighted by Gasteiger charge is 2.23. The van der Waals surface area contributed by atoms with Crippen LogP contribution in [0.1, 0.15) is 37.5 Å². The molecule has 1 saturated carbocycles. The van der Waals surface area contributed by atoms with Crippen LogP contribution in [-0.2, 0) is 0 Å². The SMILES string of the molecule is CNC(O)c1ccc(Nc2nc(OC3CCCC3)c3c(-c4ccc5nc[nH]c5c4)c[nH]c3n2)c(OC)c1. The first-order valence-corrected chi connectivity index (χ1v) is 12.4. The number of rotatable bonds is 8. The van der Waals surface area contributed by atoms with Crippen molar-refractivity contribution in [2.75, 3.05) is 19.5 Å².